The van der Waals surface area contributed by atoms with Crippen molar-refractivity contribution in [3.8, 4) is 0 Å². The Morgan fingerprint density at radius 2 is 1.77 bits per heavy atom. The second-order valence-electron chi connectivity index (χ2n) is 5.70. The van der Waals surface area contributed by atoms with Crippen LogP contribution in [0.4, 0.5) is 5.69 Å². The summed E-state index contributed by atoms with van der Waals surface area (Å²) in [5, 5.41) is 3.04. The number of rotatable bonds is 2. The summed E-state index contributed by atoms with van der Waals surface area (Å²) < 4.78 is 1.82. The summed E-state index contributed by atoms with van der Waals surface area (Å²) in [4.78, 5) is 17.2. The van der Waals surface area contributed by atoms with Gasteiger partial charge in [-0.1, -0.05) is 23.8 Å². The third-order valence-corrected chi connectivity index (χ3v) is 3.83. The molecule has 3 rings (SSSR count). The highest BCUT2D eigenvalue weighted by Crippen LogP contribution is 2.23. The zero-order valence-corrected chi connectivity index (χ0v) is 13.3. The number of hydrogen-bond acceptors (Lipinski definition) is 2. The summed E-state index contributed by atoms with van der Waals surface area (Å²) in [5.74, 6) is -0.133. The van der Waals surface area contributed by atoms with Crippen LogP contribution in [0.1, 0.15) is 32.9 Å². The molecule has 4 nitrogen and oxygen atoms in total. The number of imidazole rings is 1. The molecule has 0 aliphatic rings. The zero-order chi connectivity index (χ0) is 15.9. The van der Waals surface area contributed by atoms with Gasteiger partial charge in [-0.05, 0) is 51.0 Å². The van der Waals surface area contributed by atoms with Crippen molar-refractivity contribution in [3.63, 3.8) is 0 Å². The van der Waals surface area contributed by atoms with Crippen LogP contribution in [0.25, 0.3) is 5.65 Å². The molecule has 0 bridgehead atoms. The van der Waals surface area contributed by atoms with Gasteiger partial charge in [0.1, 0.15) is 11.3 Å². The first kappa shape index (κ1) is 14.3. The Labute approximate surface area is 129 Å². The van der Waals surface area contributed by atoms with E-state index >= 15 is 0 Å². The number of carbonyl (C=O) groups excluding carboxylic acids is 1. The van der Waals surface area contributed by atoms with Gasteiger partial charge >= 0.3 is 0 Å². The quantitative estimate of drug-likeness (QED) is 0.780. The van der Waals surface area contributed by atoms with Crippen molar-refractivity contribution in [2.75, 3.05) is 5.32 Å². The van der Waals surface area contributed by atoms with Crippen molar-refractivity contribution in [2.24, 2.45) is 0 Å². The van der Waals surface area contributed by atoms with Crippen molar-refractivity contribution in [1.82, 2.24) is 9.38 Å². The number of aryl methyl sites for hydroxylation is 4. The minimum absolute atomic E-state index is 0.133. The highest BCUT2D eigenvalue weighted by atomic mass is 16.2. The fourth-order valence-electron chi connectivity index (χ4n) is 2.94. The van der Waals surface area contributed by atoms with Gasteiger partial charge in [0.05, 0.1) is 5.69 Å². The summed E-state index contributed by atoms with van der Waals surface area (Å²) in [7, 11) is 0. The SMILES string of the molecule is Cc1cc(C)c(NC(=O)c2c(C)nc3ccccn23)c(C)c1. The van der Waals surface area contributed by atoms with Crippen molar-refractivity contribution in [2.45, 2.75) is 27.7 Å². The molecule has 112 valence electrons. The molecule has 0 saturated carbocycles. The van der Waals surface area contributed by atoms with E-state index < -0.39 is 0 Å². The van der Waals surface area contributed by atoms with Gasteiger partial charge in [-0.15, -0.1) is 0 Å². The molecule has 0 unspecified atom stereocenters. The average Bonchev–Trinajstić information content (AvgIpc) is 2.78. The molecule has 0 saturated heterocycles. The number of hydrogen-bond donors (Lipinski definition) is 1. The maximum Gasteiger partial charge on any atom is 0.274 e. The van der Waals surface area contributed by atoms with Crippen LogP contribution in [0.3, 0.4) is 0 Å². The fraction of sp³-hybridized carbons (Fsp3) is 0.222. The molecular weight excluding hydrogens is 274 g/mol. The van der Waals surface area contributed by atoms with Crippen LogP contribution >= 0.6 is 0 Å². The van der Waals surface area contributed by atoms with Gasteiger partial charge in [0.25, 0.3) is 5.91 Å². The van der Waals surface area contributed by atoms with Crippen LogP contribution < -0.4 is 5.32 Å². The first-order valence-electron chi connectivity index (χ1n) is 7.30. The molecule has 1 aromatic carbocycles. The molecular formula is C18H19N3O. The number of amides is 1. The molecule has 1 N–H and O–H groups in total. The van der Waals surface area contributed by atoms with E-state index in [2.05, 4.69) is 29.4 Å². The molecule has 3 aromatic rings. The van der Waals surface area contributed by atoms with Gasteiger partial charge in [-0.25, -0.2) is 4.98 Å². The zero-order valence-electron chi connectivity index (χ0n) is 13.3. The second kappa shape index (κ2) is 5.30. The predicted octanol–water partition coefficient (Wildman–Crippen LogP) is 3.82. The number of aromatic nitrogens is 2. The van der Waals surface area contributed by atoms with E-state index in [4.69, 9.17) is 0 Å². The molecule has 2 heterocycles. The van der Waals surface area contributed by atoms with E-state index in [1.165, 1.54) is 5.56 Å². The van der Waals surface area contributed by atoms with Gasteiger partial charge in [0, 0.05) is 11.9 Å². The molecule has 4 heteroatoms. The summed E-state index contributed by atoms with van der Waals surface area (Å²) in [6, 6.07) is 9.85. The minimum atomic E-state index is -0.133. The highest BCUT2D eigenvalue weighted by molar-refractivity contribution is 6.05. The van der Waals surface area contributed by atoms with Crippen molar-refractivity contribution in [1.29, 1.82) is 0 Å². The Morgan fingerprint density at radius 1 is 1.09 bits per heavy atom. The first-order chi connectivity index (χ1) is 10.5. The van der Waals surface area contributed by atoms with Gasteiger partial charge in [-0.3, -0.25) is 9.20 Å². The maximum absolute atomic E-state index is 12.7. The predicted molar refractivity (Wildman–Crippen MR) is 88.5 cm³/mol. The molecule has 0 fully saturated rings. The normalized spacial score (nSPS) is 10.9. The lowest BCUT2D eigenvalue weighted by atomic mass is 10.0. The smallest absolute Gasteiger partial charge is 0.274 e. The third kappa shape index (κ3) is 2.37. The first-order valence-corrected chi connectivity index (χ1v) is 7.30. The van der Waals surface area contributed by atoms with Gasteiger partial charge < -0.3 is 5.32 Å². The Hall–Kier alpha value is -2.62. The van der Waals surface area contributed by atoms with Gasteiger partial charge in [0.2, 0.25) is 0 Å². The molecule has 0 radical (unpaired) electrons. The lowest BCUT2D eigenvalue weighted by Crippen LogP contribution is -2.17. The topological polar surface area (TPSA) is 46.4 Å². The van der Waals surface area contributed by atoms with E-state index in [9.17, 15) is 4.79 Å². The molecule has 0 aliphatic carbocycles. The summed E-state index contributed by atoms with van der Waals surface area (Å²) in [6.45, 7) is 7.94. The van der Waals surface area contributed by atoms with Crippen molar-refractivity contribution < 1.29 is 4.79 Å². The molecule has 0 atom stereocenters. The van der Waals surface area contributed by atoms with E-state index in [1.807, 2.05) is 49.6 Å². The fourth-order valence-corrected chi connectivity index (χ4v) is 2.94. The van der Waals surface area contributed by atoms with Crippen LogP contribution in [0.5, 0.6) is 0 Å². The van der Waals surface area contributed by atoms with Gasteiger partial charge in [-0.2, -0.15) is 0 Å². The Kier molecular flexibility index (Phi) is 3.45. The van der Waals surface area contributed by atoms with Crippen LogP contribution in [0.2, 0.25) is 0 Å². The highest BCUT2D eigenvalue weighted by Gasteiger charge is 2.17. The molecule has 22 heavy (non-hydrogen) atoms. The van der Waals surface area contributed by atoms with Crippen LogP contribution in [-0.2, 0) is 0 Å². The number of nitrogens with zero attached hydrogens (tertiary/aromatic N) is 2. The summed E-state index contributed by atoms with van der Waals surface area (Å²) in [6.07, 6.45) is 1.86. The molecule has 0 spiro atoms. The number of pyridine rings is 1. The number of carbonyl (C=O) groups is 1. The Morgan fingerprint density at radius 3 is 2.45 bits per heavy atom. The van der Waals surface area contributed by atoms with Crippen molar-refractivity contribution >= 4 is 17.2 Å². The van der Waals surface area contributed by atoms with Gasteiger partial charge in [0.15, 0.2) is 0 Å². The number of fused-ring (bicyclic) bond motifs is 1. The van der Waals surface area contributed by atoms with E-state index in [0.29, 0.717) is 5.69 Å². The monoisotopic (exact) mass is 293 g/mol. The van der Waals surface area contributed by atoms with Crippen LogP contribution in [0, 0.1) is 27.7 Å². The largest absolute Gasteiger partial charge is 0.320 e. The van der Waals surface area contributed by atoms with E-state index in [1.54, 1.807) is 0 Å². The number of benzene rings is 1. The maximum atomic E-state index is 12.7. The third-order valence-electron chi connectivity index (χ3n) is 3.83. The summed E-state index contributed by atoms with van der Waals surface area (Å²) >= 11 is 0. The Balaban J connectivity index is 2.03. The molecule has 2 aromatic heterocycles. The standard InChI is InChI=1S/C18H19N3O/c1-11-9-12(2)16(13(3)10-11)20-18(22)17-14(4)19-15-7-5-6-8-21(15)17/h5-10H,1-4H3,(H,20,22). The summed E-state index contributed by atoms with van der Waals surface area (Å²) in [5.41, 5.74) is 6.29. The minimum Gasteiger partial charge on any atom is -0.320 e. The number of nitrogens with one attached hydrogen (secondary N) is 1. The molecule has 1 amide bonds. The van der Waals surface area contributed by atoms with E-state index in [0.717, 1.165) is 28.2 Å². The molecule has 0 aliphatic heterocycles. The number of anilines is 1. The lowest BCUT2D eigenvalue weighted by molar-refractivity contribution is 0.102. The Bertz CT molecular complexity index is 854. The van der Waals surface area contributed by atoms with Crippen LogP contribution in [0.15, 0.2) is 36.5 Å². The lowest BCUT2D eigenvalue weighted by Gasteiger charge is -2.13. The van der Waals surface area contributed by atoms with Crippen LogP contribution in [-0.4, -0.2) is 15.3 Å². The van der Waals surface area contributed by atoms with E-state index in [-0.39, 0.29) is 5.91 Å². The average molecular weight is 293 g/mol. The van der Waals surface area contributed by atoms with Crippen molar-refractivity contribution in [3.05, 3.63) is 64.6 Å². The second-order valence-corrected chi connectivity index (χ2v) is 5.70.